The molecule has 4 bridgehead atoms. The zero-order valence-corrected chi connectivity index (χ0v) is 24.8. The van der Waals surface area contributed by atoms with E-state index < -0.39 is 16.1 Å². The van der Waals surface area contributed by atoms with E-state index in [4.69, 9.17) is 9.72 Å². The topological polar surface area (TPSA) is 114 Å². The monoisotopic (exact) mass is 571 g/mol. The summed E-state index contributed by atoms with van der Waals surface area (Å²) < 4.78 is 35.7. The van der Waals surface area contributed by atoms with Crippen LogP contribution in [0.5, 0.6) is 5.88 Å². The Hall–Kier alpha value is -4.31. The van der Waals surface area contributed by atoms with Crippen LogP contribution in [0.15, 0.2) is 71.8 Å². The molecular weight excluding hydrogens is 538 g/mol. The van der Waals surface area contributed by atoms with E-state index in [0.717, 1.165) is 22.3 Å². The van der Waals surface area contributed by atoms with Crippen molar-refractivity contribution >= 4 is 21.9 Å². The van der Waals surface area contributed by atoms with Gasteiger partial charge < -0.3 is 9.64 Å². The number of rotatable bonds is 2. The maximum atomic E-state index is 13.4. The summed E-state index contributed by atoms with van der Waals surface area (Å²) in [6, 6.07) is 17.4. The SMILES string of the molecule is Cc1cccc(C)c1-c1cc2nc(n1)NS(=O)(=O)c1cccc(c1)C(=O)N(C)C[C@@H](c1ccc(C(C)(C)C)cn1)O2. The van der Waals surface area contributed by atoms with E-state index in [1.54, 1.807) is 19.2 Å². The molecule has 1 aliphatic heterocycles. The van der Waals surface area contributed by atoms with Gasteiger partial charge in [0.25, 0.3) is 15.9 Å². The van der Waals surface area contributed by atoms with Crippen LogP contribution in [0.4, 0.5) is 5.95 Å². The number of ether oxygens (including phenoxy) is 1. The fourth-order valence-electron chi connectivity index (χ4n) is 4.78. The number of hydrogen-bond donors (Lipinski definition) is 1. The van der Waals surface area contributed by atoms with Gasteiger partial charge in [-0.3, -0.25) is 9.78 Å². The lowest BCUT2D eigenvalue weighted by atomic mass is 9.88. The van der Waals surface area contributed by atoms with E-state index in [-0.39, 0.29) is 40.2 Å². The summed E-state index contributed by atoms with van der Waals surface area (Å²) in [5.41, 5.74) is 5.10. The zero-order valence-electron chi connectivity index (χ0n) is 24.0. The molecule has 212 valence electrons. The van der Waals surface area contributed by atoms with Gasteiger partial charge in [-0.25, -0.2) is 18.1 Å². The summed E-state index contributed by atoms with van der Waals surface area (Å²) in [6.45, 7) is 10.4. The Morgan fingerprint density at radius 2 is 1.68 bits per heavy atom. The second-order valence-electron chi connectivity index (χ2n) is 11.3. The van der Waals surface area contributed by atoms with Crippen LogP contribution in [-0.2, 0) is 15.4 Å². The van der Waals surface area contributed by atoms with Gasteiger partial charge in [0.15, 0.2) is 6.10 Å². The minimum atomic E-state index is -4.12. The number of sulfonamides is 1. The summed E-state index contributed by atoms with van der Waals surface area (Å²) in [5.74, 6) is -0.344. The molecule has 2 aromatic heterocycles. The van der Waals surface area contributed by atoms with Gasteiger partial charge in [-0.2, -0.15) is 4.98 Å². The van der Waals surface area contributed by atoms with Crippen LogP contribution in [0.3, 0.4) is 0 Å². The number of aromatic nitrogens is 3. The van der Waals surface area contributed by atoms with Gasteiger partial charge in [0.2, 0.25) is 11.8 Å². The Kier molecular flexibility index (Phi) is 7.29. The molecule has 0 unspecified atom stereocenters. The van der Waals surface area contributed by atoms with Crippen LogP contribution >= 0.6 is 0 Å². The molecule has 0 radical (unpaired) electrons. The van der Waals surface area contributed by atoms with Crippen LogP contribution in [0.25, 0.3) is 11.3 Å². The number of nitrogens with one attached hydrogen (secondary N) is 1. The van der Waals surface area contributed by atoms with Crippen molar-refractivity contribution in [3.8, 4) is 17.1 Å². The van der Waals surface area contributed by atoms with Crippen LogP contribution in [-0.4, -0.2) is 47.8 Å². The fraction of sp³-hybridized carbons (Fsp3) is 0.290. The van der Waals surface area contributed by atoms with Gasteiger partial charge in [-0.05, 0) is 60.2 Å². The molecular formula is C31H33N5O4S. The smallest absolute Gasteiger partial charge is 0.264 e. The highest BCUT2D eigenvalue weighted by atomic mass is 32.2. The zero-order chi connectivity index (χ0) is 29.5. The molecule has 5 rings (SSSR count). The highest BCUT2D eigenvalue weighted by Gasteiger charge is 2.27. The molecule has 1 N–H and O–H groups in total. The van der Waals surface area contributed by atoms with Crippen molar-refractivity contribution in [3.05, 3.63) is 94.8 Å². The molecule has 41 heavy (non-hydrogen) atoms. The number of benzene rings is 2. The molecule has 3 heterocycles. The predicted molar refractivity (Wildman–Crippen MR) is 157 cm³/mol. The molecule has 0 aliphatic carbocycles. The second-order valence-corrected chi connectivity index (χ2v) is 13.0. The van der Waals surface area contributed by atoms with E-state index >= 15 is 0 Å². The third-order valence-corrected chi connectivity index (χ3v) is 8.41. The summed E-state index contributed by atoms with van der Waals surface area (Å²) in [5, 5.41) is 0. The maximum Gasteiger partial charge on any atom is 0.264 e. The van der Waals surface area contributed by atoms with Gasteiger partial charge in [0.1, 0.15) is 0 Å². The summed E-state index contributed by atoms with van der Waals surface area (Å²) >= 11 is 0. The Morgan fingerprint density at radius 1 is 0.976 bits per heavy atom. The normalized spacial score (nSPS) is 17.0. The lowest BCUT2D eigenvalue weighted by molar-refractivity contribution is 0.0702. The molecule has 0 saturated carbocycles. The molecule has 0 fully saturated rings. The summed E-state index contributed by atoms with van der Waals surface area (Å²) in [6.07, 6.45) is 1.11. The highest BCUT2D eigenvalue weighted by Crippen LogP contribution is 2.32. The minimum absolute atomic E-state index is 0.0736. The van der Waals surface area contributed by atoms with Gasteiger partial charge >= 0.3 is 0 Å². The number of likely N-dealkylation sites (N-methyl/N-ethyl adjacent to an activating group) is 1. The van der Waals surface area contributed by atoms with E-state index in [0.29, 0.717) is 11.4 Å². The molecule has 0 spiro atoms. The number of carbonyl (C=O) groups excluding carboxylic acids is 1. The maximum absolute atomic E-state index is 13.4. The molecule has 0 saturated heterocycles. The van der Waals surface area contributed by atoms with Gasteiger partial charge in [-0.15, -0.1) is 0 Å². The molecule has 9 nitrogen and oxygen atoms in total. The summed E-state index contributed by atoms with van der Waals surface area (Å²) in [4.78, 5) is 28.5. The second kappa shape index (κ2) is 10.6. The first-order valence-corrected chi connectivity index (χ1v) is 14.8. The number of hydrogen-bond acceptors (Lipinski definition) is 7. The van der Waals surface area contributed by atoms with Crippen molar-refractivity contribution in [2.75, 3.05) is 18.3 Å². The van der Waals surface area contributed by atoms with Crippen LogP contribution in [0.2, 0.25) is 0 Å². The van der Waals surface area contributed by atoms with E-state index in [1.807, 2.05) is 50.4 Å². The Labute approximate surface area is 240 Å². The molecule has 1 atom stereocenters. The Bertz CT molecular complexity index is 1710. The standard InChI is InChI=1S/C31H33N5O4S/c1-19-9-7-10-20(2)28(19)25-16-27-34-30(33-25)35-41(38,39)23-12-8-11-21(15-23)29(37)36(6)18-26(40-27)24-14-13-22(17-32-24)31(3,4)5/h7-17,26H,18H2,1-6H3,(H,33,34,35)/t26-/m0/s1. The predicted octanol–water partition coefficient (Wildman–Crippen LogP) is 5.46. The average molecular weight is 572 g/mol. The van der Waals surface area contributed by atoms with Gasteiger partial charge in [0.05, 0.1) is 22.8 Å². The first kappa shape index (κ1) is 28.2. The van der Waals surface area contributed by atoms with Crippen molar-refractivity contribution in [2.24, 2.45) is 0 Å². The van der Waals surface area contributed by atoms with Crippen molar-refractivity contribution in [2.45, 2.75) is 51.0 Å². The van der Waals surface area contributed by atoms with Gasteiger partial charge in [0, 0.05) is 30.4 Å². The number of pyridine rings is 1. The third-order valence-electron chi connectivity index (χ3n) is 7.09. The van der Waals surface area contributed by atoms with Crippen LogP contribution in [0, 0.1) is 13.8 Å². The number of nitrogens with zero attached hydrogens (tertiary/aromatic N) is 4. The molecule has 2 aromatic carbocycles. The number of anilines is 1. The number of aryl methyl sites for hydroxylation is 2. The lowest BCUT2D eigenvalue weighted by Crippen LogP contribution is -2.33. The van der Waals surface area contributed by atoms with Crippen molar-refractivity contribution in [1.82, 2.24) is 19.9 Å². The van der Waals surface area contributed by atoms with Crippen LogP contribution < -0.4 is 9.46 Å². The van der Waals surface area contributed by atoms with E-state index in [2.05, 4.69) is 35.5 Å². The van der Waals surface area contributed by atoms with Crippen molar-refractivity contribution in [3.63, 3.8) is 0 Å². The third kappa shape index (κ3) is 5.92. The van der Waals surface area contributed by atoms with Gasteiger partial charge in [-0.1, -0.05) is 51.1 Å². The van der Waals surface area contributed by atoms with Crippen molar-refractivity contribution in [1.29, 1.82) is 0 Å². The molecule has 4 aromatic rings. The van der Waals surface area contributed by atoms with E-state index in [9.17, 15) is 13.2 Å². The largest absolute Gasteiger partial charge is 0.466 e. The first-order chi connectivity index (χ1) is 19.3. The Balaban J connectivity index is 1.69. The fourth-order valence-corrected chi connectivity index (χ4v) is 5.77. The van der Waals surface area contributed by atoms with Crippen LogP contribution in [0.1, 0.15) is 59.6 Å². The lowest BCUT2D eigenvalue weighted by Gasteiger charge is -2.26. The van der Waals surface area contributed by atoms with E-state index in [1.165, 1.54) is 23.1 Å². The molecule has 1 aliphatic rings. The number of amides is 1. The number of fused-ring (bicyclic) bond motifs is 4. The molecule has 10 heteroatoms. The summed E-state index contributed by atoms with van der Waals surface area (Å²) in [7, 11) is -2.47. The first-order valence-electron chi connectivity index (χ1n) is 13.3. The van der Waals surface area contributed by atoms with Crippen molar-refractivity contribution < 1.29 is 17.9 Å². The minimum Gasteiger partial charge on any atom is -0.466 e. The highest BCUT2D eigenvalue weighted by molar-refractivity contribution is 7.92. The average Bonchev–Trinajstić information content (AvgIpc) is 2.91. The Morgan fingerprint density at radius 3 is 2.34 bits per heavy atom. The molecule has 1 amide bonds. The quantitative estimate of drug-likeness (QED) is 0.340. The number of carbonyl (C=O) groups is 1.